The highest BCUT2D eigenvalue weighted by Gasteiger charge is 2.38. The largest absolute Gasteiger partial charge is 0.465 e. The van der Waals surface area contributed by atoms with Gasteiger partial charge < -0.3 is 14.8 Å². The monoisotopic (exact) mass is 494 g/mol. The van der Waals surface area contributed by atoms with Crippen molar-refractivity contribution in [3.8, 4) is 0 Å². The standard InChI is InChI=1S/C22H26N2O7S2/c1-14-15(2)32-20(19(14)22(27)30-3)23-18(25)13-31-21(26)17-11-7-8-12-24(17)33(28,29)16-9-5-4-6-10-16/h4-6,9-10,17H,7-8,11-13H2,1-3H3,(H,23,25)/t17-/m0/s1. The number of carbonyl (C=O) groups is 3. The van der Waals surface area contributed by atoms with Crippen molar-refractivity contribution in [3.63, 3.8) is 0 Å². The van der Waals surface area contributed by atoms with E-state index in [4.69, 9.17) is 9.47 Å². The minimum Gasteiger partial charge on any atom is -0.465 e. The summed E-state index contributed by atoms with van der Waals surface area (Å²) in [6.45, 7) is 3.15. The summed E-state index contributed by atoms with van der Waals surface area (Å²) in [5.74, 6) is -1.99. The van der Waals surface area contributed by atoms with Gasteiger partial charge in [0.2, 0.25) is 10.0 Å². The van der Waals surface area contributed by atoms with Crippen molar-refractivity contribution in [2.24, 2.45) is 0 Å². The van der Waals surface area contributed by atoms with Crippen LogP contribution in [0.2, 0.25) is 0 Å². The molecule has 1 N–H and O–H groups in total. The lowest BCUT2D eigenvalue weighted by atomic mass is 10.1. The van der Waals surface area contributed by atoms with Crippen LogP contribution in [0.1, 0.15) is 40.1 Å². The molecule has 1 aliphatic heterocycles. The number of nitrogens with zero attached hydrogens (tertiary/aromatic N) is 1. The second kappa shape index (κ2) is 10.4. The summed E-state index contributed by atoms with van der Waals surface area (Å²) in [6.07, 6.45) is 1.61. The molecular weight excluding hydrogens is 468 g/mol. The first-order chi connectivity index (χ1) is 15.7. The van der Waals surface area contributed by atoms with Gasteiger partial charge in [0, 0.05) is 11.4 Å². The van der Waals surface area contributed by atoms with Crippen LogP contribution < -0.4 is 5.32 Å². The summed E-state index contributed by atoms with van der Waals surface area (Å²) in [5, 5.41) is 2.89. The molecule has 1 amide bonds. The van der Waals surface area contributed by atoms with Gasteiger partial charge in [-0.15, -0.1) is 11.3 Å². The molecule has 0 spiro atoms. The second-order valence-electron chi connectivity index (χ2n) is 7.58. The zero-order valence-corrected chi connectivity index (χ0v) is 20.3. The molecule has 1 atom stereocenters. The fourth-order valence-corrected chi connectivity index (χ4v) is 6.35. The number of sulfonamides is 1. The van der Waals surface area contributed by atoms with E-state index in [9.17, 15) is 22.8 Å². The van der Waals surface area contributed by atoms with E-state index in [0.717, 1.165) is 9.18 Å². The predicted octanol–water partition coefficient (Wildman–Crippen LogP) is 2.88. The predicted molar refractivity (Wildman–Crippen MR) is 123 cm³/mol. The molecule has 0 saturated carbocycles. The number of anilines is 1. The first-order valence-corrected chi connectivity index (χ1v) is 12.6. The van der Waals surface area contributed by atoms with Crippen molar-refractivity contribution in [1.82, 2.24) is 4.31 Å². The molecule has 0 aliphatic carbocycles. The Labute approximate surface area is 196 Å². The number of esters is 2. The van der Waals surface area contributed by atoms with Crippen LogP contribution in [0.4, 0.5) is 5.00 Å². The molecule has 1 fully saturated rings. The van der Waals surface area contributed by atoms with E-state index >= 15 is 0 Å². The number of ether oxygens (including phenoxy) is 2. The minimum atomic E-state index is -3.88. The molecule has 178 valence electrons. The molecular formula is C22H26N2O7S2. The SMILES string of the molecule is COC(=O)c1c(NC(=O)COC(=O)[C@@H]2CCCCN2S(=O)(=O)c2ccccc2)sc(C)c1C. The first-order valence-electron chi connectivity index (χ1n) is 10.4. The van der Waals surface area contributed by atoms with E-state index in [2.05, 4.69) is 5.32 Å². The molecule has 2 heterocycles. The number of amides is 1. The molecule has 0 radical (unpaired) electrons. The number of methoxy groups -OCH3 is 1. The zero-order chi connectivity index (χ0) is 24.2. The lowest BCUT2D eigenvalue weighted by Crippen LogP contribution is -2.48. The Morgan fingerprint density at radius 3 is 2.52 bits per heavy atom. The van der Waals surface area contributed by atoms with Crippen LogP contribution in [0.5, 0.6) is 0 Å². The third-order valence-corrected chi connectivity index (χ3v) is 8.49. The summed E-state index contributed by atoms with van der Waals surface area (Å²) in [6, 6.07) is 6.89. The number of piperidine rings is 1. The van der Waals surface area contributed by atoms with Crippen molar-refractivity contribution in [2.45, 2.75) is 44.0 Å². The molecule has 0 bridgehead atoms. The molecule has 1 saturated heterocycles. The lowest BCUT2D eigenvalue weighted by molar-refractivity contribution is -0.152. The second-order valence-corrected chi connectivity index (χ2v) is 10.7. The minimum absolute atomic E-state index is 0.0983. The Kier molecular flexibility index (Phi) is 7.88. The Hall–Kier alpha value is -2.76. The normalized spacial score (nSPS) is 16.8. The fourth-order valence-electron chi connectivity index (χ4n) is 3.61. The van der Waals surface area contributed by atoms with Crippen LogP contribution in [0.25, 0.3) is 0 Å². The van der Waals surface area contributed by atoms with Gasteiger partial charge in [-0.3, -0.25) is 9.59 Å². The van der Waals surface area contributed by atoms with E-state index < -0.39 is 40.5 Å². The molecule has 2 aromatic rings. The van der Waals surface area contributed by atoms with Gasteiger partial charge in [-0.05, 0) is 50.8 Å². The van der Waals surface area contributed by atoms with Crippen molar-refractivity contribution < 1.29 is 32.3 Å². The maximum Gasteiger partial charge on any atom is 0.341 e. The van der Waals surface area contributed by atoms with Crippen molar-refractivity contribution >= 4 is 44.2 Å². The van der Waals surface area contributed by atoms with Crippen LogP contribution in [-0.4, -0.2) is 56.9 Å². The number of benzene rings is 1. The average Bonchev–Trinajstić information content (AvgIpc) is 3.10. The third-order valence-electron chi connectivity index (χ3n) is 5.45. The molecule has 1 aromatic carbocycles. The Bertz CT molecular complexity index is 1140. The highest BCUT2D eigenvalue weighted by atomic mass is 32.2. The van der Waals surface area contributed by atoms with Crippen molar-refractivity contribution in [3.05, 3.63) is 46.3 Å². The van der Waals surface area contributed by atoms with Crippen LogP contribution >= 0.6 is 11.3 Å². The Balaban J connectivity index is 1.68. The summed E-state index contributed by atoms with van der Waals surface area (Å²) < 4.78 is 37.2. The van der Waals surface area contributed by atoms with E-state index in [-0.39, 0.29) is 17.0 Å². The number of rotatable bonds is 7. The molecule has 9 nitrogen and oxygen atoms in total. The number of nitrogens with one attached hydrogen (secondary N) is 1. The van der Waals surface area contributed by atoms with Crippen LogP contribution in [0.15, 0.2) is 35.2 Å². The summed E-state index contributed by atoms with van der Waals surface area (Å²) in [5.41, 5.74) is 0.954. The molecule has 1 aromatic heterocycles. The van der Waals surface area contributed by atoms with Gasteiger partial charge in [0.15, 0.2) is 6.61 Å². The summed E-state index contributed by atoms with van der Waals surface area (Å²) in [4.78, 5) is 38.2. The zero-order valence-electron chi connectivity index (χ0n) is 18.6. The lowest BCUT2D eigenvalue weighted by Gasteiger charge is -2.32. The topological polar surface area (TPSA) is 119 Å². The summed E-state index contributed by atoms with van der Waals surface area (Å²) >= 11 is 1.22. The molecule has 11 heteroatoms. The van der Waals surface area contributed by atoms with E-state index in [1.54, 1.807) is 25.1 Å². The first kappa shape index (κ1) is 24.9. The Morgan fingerprint density at radius 1 is 1.15 bits per heavy atom. The smallest absolute Gasteiger partial charge is 0.341 e. The maximum atomic E-state index is 13.0. The van der Waals surface area contributed by atoms with Gasteiger partial charge in [0.1, 0.15) is 11.0 Å². The molecule has 0 unspecified atom stereocenters. The van der Waals surface area contributed by atoms with Gasteiger partial charge in [-0.2, -0.15) is 4.31 Å². The number of aryl methyl sites for hydroxylation is 1. The average molecular weight is 495 g/mol. The summed E-state index contributed by atoms with van der Waals surface area (Å²) in [7, 11) is -2.63. The highest BCUT2D eigenvalue weighted by Crippen LogP contribution is 2.33. The van der Waals surface area contributed by atoms with E-state index in [1.165, 1.54) is 30.6 Å². The fraction of sp³-hybridized carbons (Fsp3) is 0.409. The van der Waals surface area contributed by atoms with Crippen LogP contribution in [-0.2, 0) is 29.1 Å². The molecule has 1 aliphatic rings. The van der Waals surface area contributed by atoms with Gasteiger partial charge >= 0.3 is 11.9 Å². The van der Waals surface area contributed by atoms with Gasteiger partial charge in [0.25, 0.3) is 5.91 Å². The van der Waals surface area contributed by atoms with E-state index in [1.807, 2.05) is 6.92 Å². The van der Waals surface area contributed by atoms with Gasteiger partial charge in [-0.25, -0.2) is 13.2 Å². The molecule has 3 rings (SSSR count). The van der Waals surface area contributed by atoms with Crippen LogP contribution in [0.3, 0.4) is 0 Å². The quantitative estimate of drug-likeness (QED) is 0.588. The number of thiophene rings is 1. The number of hydrogen-bond acceptors (Lipinski definition) is 8. The van der Waals surface area contributed by atoms with Crippen molar-refractivity contribution in [1.29, 1.82) is 0 Å². The third kappa shape index (κ3) is 5.43. The van der Waals surface area contributed by atoms with Gasteiger partial charge in [0.05, 0.1) is 17.6 Å². The highest BCUT2D eigenvalue weighted by molar-refractivity contribution is 7.89. The number of carbonyl (C=O) groups excluding carboxylic acids is 3. The maximum absolute atomic E-state index is 13.0. The molecule has 33 heavy (non-hydrogen) atoms. The Morgan fingerprint density at radius 2 is 1.85 bits per heavy atom. The van der Waals surface area contributed by atoms with Crippen molar-refractivity contribution in [2.75, 3.05) is 25.6 Å². The van der Waals surface area contributed by atoms with E-state index in [0.29, 0.717) is 29.8 Å². The van der Waals surface area contributed by atoms with Crippen LogP contribution in [0, 0.1) is 13.8 Å². The number of hydrogen-bond donors (Lipinski definition) is 1. The van der Waals surface area contributed by atoms with Gasteiger partial charge in [-0.1, -0.05) is 18.2 Å².